The normalized spacial score (nSPS) is 15.5. The van der Waals surface area contributed by atoms with Crippen LogP contribution in [0.25, 0.3) is 0 Å². The van der Waals surface area contributed by atoms with E-state index in [1.54, 1.807) is 0 Å². The number of carbonyl (C=O) groups excluding carboxylic acids is 1. The predicted octanol–water partition coefficient (Wildman–Crippen LogP) is 3.21. The zero-order valence-electron chi connectivity index (χ0n) is 15.8. The molecule has 0 aromatic heterocycles. The Bertz CT molecular complexity index is 685. The lowest BCUT2D eigenvalue weighted by Crippen LogP contribution is -2.41. The lowest BCUT2D eigenvalue weighted by atomic mass is 10.0. The van der Waals surface area contributed by atoms with E-state index in [0.717, 1.165) is 25.0 Å². The van der Waals surface area contributed by atoms with E-state index in [9.17, 15) is 22.4 Å². The van der Waals surface area contributed by atoms with Crippen molar-refractivity contribution >= 4 is 11.9 Å². The molecular weight excluding hydrogens is 376 g/mol. The zero-order chi connectivity index (χ0) is 20.6. The number of aliphatic imine (C=N–C) groups is 1. The van der Waals surface area contributed by atoms with E-state index in [1.807, 2.05) is 0 Å². The molecule has 1 fully saturated rings. The molecule has 28 heavy (non-hydrogen) atoms. The van der Waals surface area contributed by atoms with Gasteiger partial charge in [-0.25, -0.2) is 4.39 Å². The van der Waals surface area contributed by atoms with Crippen molar-refractivity contribution in [1.29, 1.82) is 0 Å². The van der Waals surface area contributed by atoms with Crippen molar-refractivity contribution in [2.24, 2.45) is 10.9 Å². The molecule has 3 N–H and O–H groups in total. The van der Waals surface area contributed by atoms with Gasteiger partial charge in [0.1, 0.15) is 5.82 Å². The van der Waals surface area contributed by atoms with E-state index < -0.39 is 17.6 Å². The highest BCUT2D eigenvalue weighted by Gasteiger charge is 2.33. The summed E-state index contributed by atoms with van der Waals surface area (Å²) in [4.78, 5) is 15.8. The fraction of sp³-hybridized carbons (Fsp3) is 0.579. The van der Waals surface area contributed by atoms with Gasteiger partial charge in [-0.15, -0.1) is 0 Å². The van der Waals surface area contributed by atoms with Gasteiger partial charge in [-0.05, 0) is 36.5 Å². The highest BCUT2D eigenvalue weighted by atomic mass is 19.4. The van der Waals surface area contributed by atoms with Gasteiger partial charge in [0.25, 0.3) is 0 Å². The Kier molecular flexibility index (Phi) is 8.07. The minimum atomic E-state index is -4.64. The first-order chi connectivity index (χ1) is 13.3. The molecule has 5 nitrogen and oxygen atoms in total. The van der Waals surface area contributed by atoms with Crippen molar-refractivity contribution in [3.63, 3.8) is 0 Å². The lowest BCUT2D eigenvalue weighted by Gasteiger charge is -2.16. The van der Waals surface area contributed by atoms with Gasteiger partial charge >= 0.3 is 6.18 Å². The van der Waals surface area contributed by atoms with Crippen LogP contribution in [-0.4, -0.2) is 32.0 Å². The Morgan fingerprint density at radius 1 is 1.14 bits per heavy atom. The number of nitrogens with zero attached hydrogens (tertiary/aromatic N) is 1. The van der Waals surface area contributed by atoms with Crippen LogP contribution in [-0.2, 0) is 17.5 Å². The Labute approximate surface area is 162 Å². The number of rotatable bonds is 7. The van der Waals surface area contributed by atoms with Gasteiger partial charge in [-0.3, -0.25) is 9.79 Å². The quantitative estimate of drug-likeness (QED) is 0.284. The smallest absolute Gasteiger partial charge is 0.355 e. The first-order valence-corrected chi connectivity index (χ1v) is 9.36. The molecule has 0 bridgehead atoms. The molecule has 0 unspecified atom stereocenters. The Hall–Kier alpha value is -2.32. The van der Waals surface area contributed by atoms with E-state index >= 15 is 0 Å². The third kappa shape index (κ3) is 7.01. The number of carbonyl (C=O) groups is 1. The Morgan fingerprint density at radius 2 is 1.82 bits per heavy atom. The highest BCUT2D eigenvalue weighted by Crippen LogP contribution is 2.32. The van der Waals surface area contributed by atoms with Crippen LogP contribution < -0.4 is 16.0 Å². The minimum absolute atomic E-state index is 0.0118. The molecule has 9 heteroatoms. The molecule has 0 radical (unpaired) electrons. The summed E-state index contributed by atoms with van der Waals surface area (Å²) in [7, 11) is 1.49. The second-order valence-electron chi connectivity index (χ2n) is 6.86. The van der Waals surface area contributed by atoms with E-state index in [4.69, 9.17) is 0 Å². The summed E-state index contributed by atoms with van der Waals surface area (Å²) in [6.07, 6.45) is 0.478. The van der Waals surface area contributed by atoms with Crippen LogP contribution in [0.3, 0.4) is 0 Å². The maximum absolute atomic E-state index is 13.2. The van der Waals surface area contributed by atoms with E-state index in [-0.39, 0.29) is 18.0 Å². The van der Waals surface area contributed by atoms with Gasteiger partial charge in [0.15, 0.2) is 5.96 Å². The standard InChI is InChI=1S/C19H26F4N4O/c1-24-18(26-9-8-25-17(28)10-13-4-2-3-5-13)27-12-14-6-7-15(20)11-16(14)19(21,22)23/h6-7,11,13H,2-5,8-10,12H2,1H3,(H,25,28)(H2,24,26,27). The molecule has 1 saturated carbocycles. The summed E-state index contributed by atoms with van der Waals surface area (Å²) in [5.74, 6) is -0.159. The van der Waals surface area contributed by atoms with Crippen molar-refractivity contribution in [2.45, 2.75) is 44.8 Å². The average Bonchev–Trinajstić information content (AvgIpc) is 3.14. The molecule has 156 valence electrons. The Morgan fingerprint density at radius 3 is 2.46 bits per heavy atom. The lowest BCUT2D eigenvalue weighted by molar-refractivity contribution is -0.138. The van der Waals surface area contributed by atoms with E-state index in [2.05, 4.69) is 20.9 Å². The number of amides is 1. The molecule has 1 aliphatic carbocycles. The molecule has 1 aromatic rings. The minimum Gasteiger partial charge on any atom is -0.355 e. The molecule has 2 rings (SSSR count). The maximum Gasteiger partial charge on any atom is 0.416 e. The second kappa shape index (κ2) is 10.3. The number of alkyl halides is 3. The van der Waals surface area contributed by atoms with E-state index in [1.165, 1.54) is 19.9 Å². The van der Waals surface area contributed by atoms with Crippen LogP contribution in [0.5, 0.6) is 0 Å². The van der Waals surface area contributed by atoms with Crippen molar-refractivity contribution in [1.82, 2.24) is 16.0 Å². The summed E-state index contributed by atoms with van der Waals surface area (Å²) in [5, 5.41) is 8.52. The number of hydrogen-bond acceptors (Lipinski definition) is 2. The Balaban J connectivity index is 1.75. The first-order valence-electron chi connectivity index (χ1n) is 9.36. The topological polar surface area (TPSA) is 65.5 Å². The predicted molar refractivity (Wildman–Crippen MR) is 99.2 cm³/mol. The summed E-state index contributed by atoms with van der Waals surface area (Å²) in [6, 6.07) is 2.57. The highest BCUT2D eigenvalue weighted by molar-refractivity contribution is 5.80. The van der Waals surface area contributed by atoms with Gasteiger partial charge in [-0.2, -0.15) is 13.2 Å². The summed E-state index contributed by atoms with van der Waals surface area (Å²) >= 11 is 0. The zero-order valence-corrected chi connectivity index (χ0v) is 15.8. The molecule has 1 aromatic carbocycles. The second-order valence-corrected chi connectivity index (χ2v) is 6.86. The van der Waals surface area contributed by atoms with Gasteiger partial charge in [-0.1, -0.05) is 18.9 Å². The molecule has 1 amide bonds. The van der Waals surface area contributed by atoms with Crippen LogP contribution in [0.15, 0.2) is 23.2 Å². The number of halogens is 4. The summed E-state index contributed by atoms with van der Waals surface area (Å²) in [5.41, 5.74) is -1.10. The molecule has 0 aliphatic heterocycles. The number of guanidine groups is 1. The summed E-state index contributed by atoms with van der Waals surface area (Å²) in [6.45, 7) is 0.602. The molecule has 0 atom stereocenters. The van der Waals surface area contributed by atoms with Gasteiger partial charge in [0.05, 0.1) is 5.56 Å². The summed E-state index contributed by atoms with van der Waals surface area (Å²) < 4.78 is 52.2. The molecule has 0 spiro atoms. The van der Waals surface area contributed by atoms with Crippen LogP contribution >= 0.6 is 0 Å². The van der Waals surface area contributed by atoms with Crippen LogP contribution in [0, 0.1) is 11.7 Å². The molecule has 0 saturated heterocycles. The number of benzene rings is 1. The fourth-order valence-corrected chi connectivity index (χ4v) is 3.30. The average molecular weight is 402 g/mol. The third-order valence-corrected chi connectivity index (χ3v) is 4.74. The van der Waals surface area contributed by atoms with Crippen molar-refractivity contribution in [3.8, 4) is 0 Å². The molecular formula is C19H26F4N4O. The first kappa shape index (κ1) is 22.0. The largest absolute Gasteiger partial charge is 0.416 e. The molecule has 1 aliphatic rings. The monoisotopic (exact) mass is 402 g/mol. The number of hydrogen-bond donors (Lipinski definition) is 3. The fourth-order valence-electron chi connectivity index (χ4n) is 3.30. The van der Waals surface area contributed by atoms with Gasteiger partial charge in [0.2, 0.25) is 5.91 Å². The van der Waals surface area contributed by atoms with Crippen molar-refractivity contribution in [2.75, 3.05) is 20.1 Å². The van der Waals surface area contributed by atoms with E-state index in [0.29, 0.717) is 37.5 Å². The van der Waals surface area contributed by atoms with Crippen LogP contribution in [0.1, 0.15) is 43.2 Å². The number of nitrogens with one attached hydrogen (secondary N) is 3. The van der Waals surface area contributed by atoms with Gasteiger partial charge < -0.3 is 16.0 Å². The van der Waals surface area contributed by atoms with Crippen LogP contribution in [0.2, 0.25) is 0 Å². The third-order valence-electron chi connectivity index (χ3n) is 4.74. The van der Waals surface area contributed by atoms with Crippen molar-refractivity contribution < 1.29 is 22.4 Å². The van der Waals surface area contributed by atoms with Gasteiger partial charge in [0, 0.05) is 33.1 Å². The SMILES string of the molecule is CN=C(NCCNC(=O)CC1CCCC1)NCc1ccc(F)cc1C(F)(F)F. The van der Waals surface area contributed by atoms with Crippen molar-refractivity contribution in [3.05, 3.63) is 35.1 Å². The molecule has 0 heterocycles. The maximum atomic E-state index is 13.2. The van der Waals surface area contributed by atoms with Crippen LogP contribution in [0.4, 0.5) is 17.6 Å².